The van der Waals surface area contributed by atoms with E-state index in [0.29, 0.717) is 6.61 Å². The van der Waals surface area contributed by atoms with E-state index in [0.717, 1.165) is 44.9 Å². The number of carbonyl (C=O) groups is 2. The molecule has 0 spiro atoms. The van der Waals surface area contributed by atoms with Crippen molar-refractivity contribution in [2.45, 2.75) is 257 Å². The van der Waals surface area contributed by atoms with Crippen molar-refractivity contribution in [3.05, 3.63) is 24.3 Å². The summed E-state index contributed by atoms with van der Waals surface area (Å²) >= 11 is 0. The lowest BCUT2D eigenvalue weighted by molar-refractivity contribution is -0.154. The van der Waals surface area contributed by atoms with Gasteiger partial charge in [-0.3, -0.25) is 18.6 Å². The Bertz CT molecular complexity index is 1070. The van der Waals surface area contributed by atoms with Crippen molar-refractivity contribution in [1.29, 1.82) is 0 Å². The van der Waals surface area contributed by atoms with Crippen molar-refractivity contribution < 1.29 is 42.7 Å². The molecule has 0 bridgehead atoms. The first kappa shape index (κ1) is 59.5. The second kappa shape index (κ2) is 46.4. The van der Waals surface area contributed by atoms with Crippen molar-refractivity contribution >= 4 is 19.8 Å². The van der Waals surface area contributed by atoms with Crippen LogP contribution < -0.4 is 5.73 Å². The molecular weight excluding hydrogens is 790 g/mol. The van der Waals surface area contributed by atoms with Crippen LogP contribution in [0, 0.1) is 0 Å². The predicted molar refractivity (Wildman–Crippen MR) is 254 cm³/mol. The van der Waals surface area contributed by atoms with E-state index in [1.807, 2.05) is 0 Å². The summed E-state index contributed by atoms with van der Waals surface area (Å²) in [6, 6.07) is -1.47. The quantitative estimate of drug-likeness (QED) is 0.0233. The second-order valence-electron chi connectivity index (χ2n) is 17.3. The molecular formula is C50H96NO9P. The first-order chi connectivity index (χ1) is 29.7. The highest BCUT2D eigenvalue weighted by Gasteiger charge is 2.27. The van der Waals surface area contributed by atoms with Crippen LogP contribution in [0.1, 0.15) is 245 Å². The topological polar surface area (TPSA) is 155 Å². The SMILES string of the molecule is CCCCC/C=C\C/C=C\CCCCCCCCCCCCOCC(COP(=O)(O)OCC(N)C(=O)O)OC(=O)CCCCCCCCCCCCCCCCCCCCC. The lowest BCUT2D eigenvalue weighted by atomic mass is 10.0. The minimum absolute atomic E-state index is 0.0194. The van der Waals surface area contributed by atoms with E-state index in [-0.39, 0.29) is 13.0 Å². The zero-order chi connectivity index (χ0) is 44.8. The van der Waals surface area contributed by atoms with Crippen LogP contribution in [0.15, 0.2) is 24.3 Å². The maximum absolute atomic E-state index is 12.7. The van der Waals surface area contributed by atoms with Gasteiger partial charge in [0.1, 0.15) is 12.1 Å². The highest BCUT2D eigenvalue weighted by Crippen LogP contribution is 2.43. The first-order valence-electron chi connectivity index (χ1n) is 25.4. The lowest BCUT2D eigenvalue weighted by Crippen LogP contribution is -2.34. The Morgan fingerprint density at radius 3 is 1.36 bits per heavy atom. The van der Waals surface area contributed by atoms with Crippen LogP contribution in [0.4, 0.5) is 0 Å². The number of carboxylic acids is 1. The average molecular weight is 886 g/mol. The number of nitrogens with two attached hydrogens (primary N) is 1. The standard InChI is InChI=1S/C50H96NO9P/c1-3-5-7-9-11-13-15-17-19-21-23-25-27-29-31-33-35-37-39-41-43-57-44-47(45-58-61(55,56)59-46-48(51)50(53)54)60-49(52)42-40-38-36-34-32-30-28-26-24-22-20-18-16-14-12-10-8-6-4-2/h11,13,17,19,47-48H,3-10,12,14-16,18,20-46,51H2,1-2H3,(H,53,54)(H,55,56)/b13-11-,19-17-. The molecule has 3 unspecified atom stereocenters. The predicted octanol–water partition coefficient (Wildman–Crippen LogP) is 14.7. The summed E-state index contributed by atoms with van der Waals surface area (Å²) in [5.41, 5.74) is 5.37. The van der Waals surface area contributed by atoms with Gasteiger partial charge in [0, 0.05) is 13.0 Å². The minimum Gasteiger partial charge on any atom is -0.480 e. The molecule has 0 saturated carbocycles. The molecule has 3 atom stereocenters. The molecule has 360 valence electrons. The molecule has 0 rings (SSSR count). The highest BCUT2D eigenvalue weighted by atomic mass is 31.2. The van der Waals surface area contributed by atoms with Gasteiger partial charge in [-0.05, 0) is 44.9 Å². The maximum Gasteiger partial charge on any atom is 0.472 e. The van der Waals surface area contributed by atoms with E-state index in [9.17, 15) is 19.0 Å². The molecule has 0 aliphatic carbocycles. The Morgan fingerprint density at radius 1 is 0.525 bits per heavy atom. The molecule has 0 heterocycles. The third-order valence-corrected chi connectivity index (χ3v) is 12.2. The van der Waals surface area contributed by atoms with Gasteiger partial charge in [0.2, 0.25) is 0 Å². The first-order valence-corrected chi connectivity index (χ1v) is 26.9. The molecule has 0 aromatic carbocycles. The minimum atomic E-state index is -4.62. The van der Waals surface area contributed by atoms with Crippen LogP contribution in [0.2, 0.25) is 0 Å². The fraction of sp³-hybridized carbons (Fsp3) is 0.880. The number of phosphoric acid groups is 1. The van der Waals surface area contributed by atoms with Gasteiger partial charge in [-0.2, -0.15) is 0 Å². The van der Waals surface area contributed by atoms with Crippen molar-refractivity contribution in [2.75, 3.05) is 26.4 Å². The number of esters is 1. The average Bonchev–Trinajstić information content (AvgIpc) is 3.24. The monoisotopic (exact) mass is 886 g/mol. The zero-order valence-electron chi connectivity index (χ0n) is 39.5. The summed E-state index contributed by atoms with van der Waals surface area (Å²) in [4.78, 5) is 33.7. The number of unbranched alkanes of at least 4 members (excludes halogenated alkanes) is 31. The molecule has 10 nitrogen and oxygen atoms in total. The largest absolute Gasteiger partial charge is 0.480 e. The van der Waals surface area contributed by atoms with Crippen molar-refractivity contribution in [3.8, 4) is 0 Å². The molecule has 0 aliphatic heterocycles. The molecule has 0 aliphatic rings. The summed E-state index contributed by atoms with van der Waals surface area (Å²) < 4.78 is 33.5. The van der Waals surface area contributed by atoms with E-state index in [1.54, 1.807) is 0 Å². The molecule has 0 amide bonds. The Kier molecular flexibility index (Phi) is 45.3. The van der Waals surface area contributed by atoms with Crippen molar-refractivity contribution in [1.82, 2.24) is 0 Å². The van der Waals surface area contributed by atoms with Crippen LogP contribution >= 0.6 is 7.82 Å². The smallest absolute Gasteiger partial charge is 0.472 e. The van der Waals surface area contributed by atoms with Crippen molar-refractivity contribution in [3.63, 3.8) is 0 Å². The number of hydrogen-bond acceptors (Lipinski definition) is 8. The molecule has 0 radical (unpaired) electrons. The number of carboxylic acid groups (broad SMARTS) is 1. The Labute approximate surface area is 374 Å². The zero-order valence-corrected chi connectivity index (χ0v) is 40.4. The van der Waals surface area contributed by atoms with Gasteiger partial charge in [-0.1, -0.05) is 218 Å². The molecule has 0 aromatic heterocycles. The fourth-order valence-corrected chi connectivity index (χ4v) is 8.06. The summed E-state index contributed by atoms with van der Waals surface area (Å²) in [6.45, 7) is 3.90. The Hall–Kier alpha value is -1.55. The summed E-state index contributed by atoms with van der Waals surface area (Å²) in [6.07, 6.45) is 52.3. The molecule has 0 saturated heterocycles. The van der Waals surface area contributed by atoms with E-state index >= 15 is 0 Å². The molecule has 0 fully saturated rings. The van der Waals surface area contributed by atoms with Crippen LogP contribution in [0.3, 0.4) is 0 Å². The van der Waals surface area contributed by atoms with Gasteiger partial charge in [-0.25, -0.2) is 4.57 Å². The molecule has 61 heavy (non-hydrogen) atoms. The van der Waals surface area contributed by atoms with Crippen molar-refractivity contribution in [2.24, 2.45) is 5.73 Å². The van der Waals surface area contributed by atoms with Crippen LogP contribution in [0.25, 0.3) is 0 Å². The van der Waals surface area contributed by atoms with E-state index in [1.165, 1.54) is 180 Å². The molecule has 4 N–H and O–H groups in total. The van der Waals surface area contributed by atoms with Gasteiger partial charge < -0.3 is 25.2 Å². The lowest BCUT2D eigenvalue weighted by Gasteiger charge is -2.20. The van der Waals surface area contributed by atoms with Gasteiger partial charge >= 0.3 is 19.8 Å². The van der Waals surface area contributed by atoms with E-state index in [2.05, 4.69) is 38.2 Å². The van der Waals surface area contributed by atoms with Gasteiger partial charge in [-0.15, -0.1) is 0 Å². The third-order valence-electron chi connectivity index (χ3n) is 11.2. The number of ether oxygens (including phenoxy) is 2. The second-order valence-corrected chi connectivity index (χ2v) is 18.8. The van der Waals surface area contributed by atoms with E-state index in [4.69, 9.17) is 29.4 Å². The number of phosphoric ester groups is 1. The molecule has 11 heteroatoms. The number of rotatable bonds is 49. The van der Waals surface area contributed by atoms with Crippen LogP contribution in [-0.2, 0) is 32.7 Å². The maximum atomic E-state index is 12.7. The number of allylic oxidation sites excluding steroid dienone is 4. The highest BCUT2D eigenvalue weighted by molar-refractivity contribution is 7.47. The Morgan fingerprint density at radius 2 is 0.902 bits per heavy atom. The normalized spacial score (nSPS) is 13.9. The number of hydrogen-bond donors (Lipinski definition) is 3. The van der Waals surface area contributed by atoms with Gasteiger partial charge in [0.15, 0.2) is 0 Å². The van der Waals surface area contributed by atoms with Crippen LogP contribution in [-0.4, -0.2) is 60.5 Å². The van der Waals surface area contributed by atoms with E-state index < -0.39 is 45.1 Å². The van der Waals surface area contributed by atoms with Crippen LogP contribution in [0.5, 0.6) is 0 Å². The van der Waals surface area contributed by atoms with Gasteiger partial charge in [0.05, 0.1) is 19.8 Å². The van der Waals surface area contributed by atoms with Gasteiger partial charge in [0.25, 0.3) is 0 Å². The summed E-state index contributed by atoms with van der Waals surface area (Å²) in [7, 11) is -4.62. The number of aliphatic carboxylic acids is 1. The fourth-order valence-electron chi connectivity index (χ4n) is 7.28. The molecule has 0 aromatic rings. The number of carbonyl (C=O) groups excluding carboxylic acids is 1. The Balaban J connectivity index is 4.12. The summed E-state index contributed by atoms with van der Waals surface area (Å²) in [5.74, 6) is -1.77. The summed E-state index contributed by atoms with van der Waals surface area (Å²) in [5, 5.41) is 8.92. The third kappa shape index (κ3) is 46.3.